The zero-order valence-corrected chi connectivity index (χ0v) is 22.0. The summed E-state index contributed by atoms with van der Waals surface area (Å²) in [6.07, 6.45) is 10.6. The van der Waals surface area contributed by atoms with E-state index in [1.165, 1.54) is 25.7 Å². The molecule has 204 valence electrons. The average molecular weight is 507 g/mol. The Morgan fingerprint density at radius 2 is 2.00 bits per heavy atom. The fraction of sp³-hybridized carbons (Fsp3) is 0.963. The highest BCUT2D eigenvalue weighted by molar-refractivity contribution is 5.82. The molecule has 4 saturated heterocycles. The molecule has 0 spiro atoms. The number of piperidine rings is 1. The second kappa shape index (κ2) is 10.7. The summed E-state index contributed by atoms with van der Waals surface area (Å²) in [5.41, 5.74) is 6.90. The summed E-state index contributed by atoms with van der Waals surface area (Å²) >= 11 is 0. The van der Waals surface area contributed by atoms with Crippen LogP contribution in [-0.4, -0.2) is 92.7 Å². The van der Waals surface area contributed by atoms with E-state index in [1.807, 2.05) is 0 Å². The van der Waals surface area contributed by atoms with Crippen LogP contribution in [0.5, 0.6) is 0 Å². The van der Waals surface area contributed by atoms with Gasteiger partial charge in [-0.05, 0) is 82.6 Å². The highest BCUT2D eigenvalue weighted by atomic mass is 19.1. The summed E-state index contributed by atoms with van der Waals surface area (Å²) < 4.78 is 19.5. The molecule has 2 saturated carbocycles. The van der Waals surface area contributed by atoms with Crippen molar-refractivity contribution in [1.82, 2.24) is 31.3 Å². The molecule has 6 aliphatic rings. The van der Waals surface area contributed by atoms with Gasteiger partial charge in [0.2, 0.25) is 5.91 Å². The van der Waals surface area contributed by atoms with Crippen LogP contribution in [0.3, 0.4) is 0 Å². The van der Waals surface area contributed by atoms with Gasteiger partial charge < -0.3 is 20.3 Å². The number of ether oxygens (including phenoxy) is 1. The maximum atomic E-state index is 13.8. The Morgan fingerprint density at radius 1 is 1.14 bits per heavy atom. The smallest absolute Gasteiger partial charge is 0.237 e. The molecular weight excluding hydrogens is 459 g/mol. The minimum Gasteiger partial charge on any atom is -0.380 e. The van der Waals surface area contributed by atoms with Crippen LogP contribution in [-0.2, 0) is 9.53 Å². The van der Waals surface area contributed by atoms with Crippen LogP contribution in [0.2, 0.25) is 0 Å². The summed E-state index contributed by atoms with van der Waals surface area (Å²) in [6, 6.07) is 0.595. The third-order valence-electron chi connectivity index (χ3n) is 10.2. The lowest BCUT2D eigenvalue weighted by atomic mass is 9.64. The van der Waals surface area contributed by atoms with Gasteiger partial charge in [-0.1, -0.05) is 6.42 Å². The highest BCUT2D eigenvalue weighted by Crippen LogP contribution is 2.47. The Balaban J connectivity index is 1.05. The topological polar surface area (TPSA) is 80.9 Å². The van der Waals surface area contributed by atoms with Crippen molar-refractivity contribution < 1.29 is 13.9 Å². The third kappa shape index (κ3) is 5.61. The molecule has 1 amide bonds. The van der Waals surface area contributed by atoms with Crippen LogP contribution in [0.15, 0.2) is 0 Å². The van der Waals surface area contributed by atoms with Crippen molar-refractivity contribution in [3.63, 3.8) is 0 Å². The summed E-state index contributed by atoms with van der Waals surface area (Å²) in [4.78, 5) is 18.2. The van der Waals surface area contributed by atoms with E-state index in [2.05, 4.69) is 38.3 Å². The molecule has 0 bridgehead atoms. The number of hydrogen-bond donors (Lipinski definition) is 4. The molecule has 8 nitrogen and oxygen atoms in total. The molecule has 0 radical (unpaired) electrons. The number of hydrogen-bond acceptors (Lipinski definition) is 7. The fourth-order valence-corrected chi connectivity index (χ4v) is 7.82. The lowest BCUT2D eigenvalue weighted by Gasteiger charge is -2.51. The van der Waals surface area contributed by atoms with Crippen molar-refractivity contribution >= 4 is 5.91 Å². The van der Waals surface area contributed by atoms with Gasteiger partial charge in [0, 0.05) is 37.1 Å². The first-order chi connectivity index (χ1) is 17.5. The molecule has 2 aliphatic carbocycles. The van der Waals surface area contributed by atoms with Crippen molar-refractivity contribution in [3.8, 4) is 0 Å². The van der Waals surface area contributed by atoms with Crippen molar-refractivity contribution in [3.05, 3.63) is 0 Å². The van der Waals surface area contributed by atoms with Gasteiger partial charge in [0.05, 0.1) is 32.1 Å². The van der Waals surface area contributed by atoms with Gasteiger partial charge in [-0.15, -0.1) is 0 Å². The van der Waals surface area contributed by atoms with Crippen molar-refractivity contribution in [2.45, 2.75) is 94.7 Å². The Kier molecular flexibility index (Phi) is 7.58. The van der Waals surface area contributed by atoms with Crippen molar-refractivity contribution in [1.29, 1.82) is 0 Å². The molecule has 4 N–H and O–H groups in total. The number of hydrazine groups is 1. The number of nitrogens with zero attached hydrogens (tertiary/aromatic N) is 2. The summed E-state index contributed by atoms with van der Waals surface area (Å²) in [6.45, 7) is 4.94. The predicted octanol–water partition coefficient (Wildman–Crippen LogP) is 1.58. The first-order valence-electron chi connectivity index (χ1n) is 14.7. The summed E-state index contributed by atoms with van der Waals surface area (Å²) in [5, 5.41) is 7.23. The Labute approximate surface area is 215 Å². The molecule has 6 rings (SSSR count). The van der Waals surface area contributed by atoms with Gasteiger partial charge in [-0.3, -0.25) is 9.69 Å². The second-order valence-corrected chi connectivity index (χ2v) is 13.0. The molecule has 6 unspecified atom stereocenters. The minimum atomic E-state index is -0.672. The van der Waals surface area contributed by atoms with Crippen molar-refractivity contribution in [2.24, 2.45) is 23.2 Å². The van der Waals surface area contributed by atoms with E-state index in [0.29, 0.717) is 37.0 Å². The van der Waals surface area contributed by atoms with Gasteiger partial charge in [-0.25, -0.2) is 15.2 Å². The predicted molar refractivity (Wildman–Crippen MR) is 137 cm³/mol. The first-order valence-corrected chi connectivity index (χ1v) is 14.7. The zero-order valence-electron chi connectivity index (χ0n) is 22.0. The van der Waals surface area contributed by atoms with Crippen molar-refractivity contribution in [2.75, 3.05) is 46.6 Å². The molecule has 0 aromatic carbocycles. The normalized spacial score (nSPS) is 41.8. The van der Waals surface area contributed by atoms with Gasteiger partial charge in [0.1, 0.15) is 6.17 Å². The molecule has 4 heterocycles. The first kappa shape index (κ1) is 25.4. The minimum absolute atomic E-state index is 0.109. The van der Waals surface area contributed by atoms with Gasteiger partial charge >= 0.3 is 0 Å². The number of alkyl halides is 1. The van der Waals surface area contributed by atoms with Crippen LogP contribution >= 0.6 is 0 Å². The standard InChI is InChI=1S/C27H47FN6O2/c1-33-17-29-32-25(33)12-27(15-36-16-27)20-3-2-4-22(11-20)30-26(35)24-10-18(9-23(31-24)19-5-6-19)13-34-8-7-21(28)14-34/h18-25,29,31-32H,2-17H2,1H3,(H,30,35)/t18?,20?,21-,22?,23?,24?,25?/m0/s1. The number of amides is 1. The molecule has 0 aromatic rings. The van der Waals surface area contributed by atoms with Gasteiger partial charge in [-0.2, -0.15) is 0 Å². The number of carbonyl (C=O) groups is 1. The van der Waals surface area contributed by atoms with E-state index in [9.17, 15) is 9.18 Å². The Bertz CT molecular complexity index is 779. The van der Waals surface area contributed by atoms with E-state index in [4.69, 9.17) is 4.74 Å². The van der Waals surface area contributed by atoms with E-state index in [1.54, 1.807) is 0 Å². The Hall–Kier alpha value is -0.840. The maximum absolute atomic E-state index is 13.8. The van der Waals surface area contributed by atoms with Gasteiger partial charge in [0.25, 0.3) is 0 Å². The fourth-order valence-electron chi connectivity index (χ4n) is 7.82. The number of likely N-dealkylation sites (tertiary alicyclic amines) is 1. The van der Waals surface area contributed by atoms with Gasteiger partial charge in [0.15, 0.2) is 0 Å². The molecule has 6 fully saturated rings. The summed E-state index contributed by atoms with van der Waals surface area (Å²) in [7, 11) is 2.16. The quantitative estimate of drug-likeness (QED) is 0.398. The lowest BCUT2D eigenvalue weighted by Crippen LogP contribution is -2.58. The van der Waals surface area contributed by atoms with Crippen LogP contribution in [0, 0.1) is 23.2 Å². The molecule has 9 heteroatoms. The van der Waals surface area contributed by atoms with E-state index < -0.39 is 6.17 Å². The van der Waals surface area contributed by atoms with E-state index in [0.717, 1.165) is 71.0 Å². The molecule has 0 aromatic heterocycles. The maximum Gasteiger partial charge on any atom is 0.237 e. The van der Waals surface area contributed by atoms with E-state index >= 15 is 0 Å². The van der Waals surface area contributed by atoms with Crippen LogP contribution < -0.4 is 21.5 Å². The van der Waals surface area contributed by atoms with Crippen LogP contribution in [0.25, 0.3) is 0 Å². The number of halogens is 1. The van der Waals surface area contributed by atoms with Crippen LogP contribution in [0.1, 0.15) is 64.2 Å². The molecular formula is C27H47FN6O2. The number of nitrogens with one attached hydrogen (secondary N) is 4. The molecule has 36 heavy (non-hydrogen) atoms. The molecule has 4 aliphatic heterocycles. The number of rotatable bonds is 8. The monoisotopic (exact) mass is 506 g/mol. The Morgan fingerprint density at radius 3 is 2.67 bits per heavy atom. The van der Waals surface area contributed by atoms with E-state index in [-0.39, 0.29) is 23.4 Å². The number of carbonyl (C=O) groups excluding carboxylic acids is 1. The summed E-state index contributed by atoms with van der Waals surface area (Å²) in [5.74, 6) is 2.00. The zero-order chi connectivity index (χ0) is 24.7. The lowest BCUT2D eigenvalue weighted by molar-refractivity contribution is -0.166. The second-order valence-electron chi connectivity index (χ2n) is 13.0. The van der Waals surface area contributed by atoms with Crippen LogP contribution in [0.4, 0.5) is 4.39 Å². The SMILES string of the molecule is CN1CNNC1CC1(C2CCCC(NC(=O)C3CC(CN4CC[C@H](F)C4)CC(C4CC4)N3)C2)COC1. The third-order valence-corrected chi connectivity index (χ3v) is 10.2. The highest BCUT2D eigenvalue weighted by Gasteiger charge is 2.49. The largest absolute Gasteiger partial charge is 0.380 e. The molecule has 7 atom stereocenters. The average Bonchev–Trinajstić information content (AvgIpc) is 3.51.